The number of morpholine rings is 1. The molecule has 0 N–H and O–H groups in total. The highest BCUT2D eigenvalue weighted by molar-refractivity contribution is 9.10. The lowest BCUT2D eigenvalue weighted by molar-refractivity contribution is -0.0373. The van der Waals surface area contributed by atoms with Gasteiger partial charge >= 0.3 is 0 Å². The van der Waals surface area contributed by atoms with Crippen molar-refractivity contribution >= 4 is 21.8 Å². The molecule has 5 nitrogen and oxygen atoms in total. The number of ether oxygens (including phenoxy) is 2. The highest BCUT2D eigenvalue weighted by Crippen LogP contribution is 2.33. The van der Waals surface area contributed by atoms with Crippen LogP contribution in [0, 0.1) is 5.92 Å². The van der Waals surface area contributed by atoms with Gasteiger partial charge < -0.3 is 14.4 Å². The first-order valence-electron chi connectivity index (χ1n) is 11.5. The van der Waals surface area contributed by atoms with Gasteiger partial charge in [-0.25, -0.2) is 4.98 Å². The minimum Gasteiger partial charge on any atom is -0.496 e. The van der Waals surface area contributed by atoms with Crippen molar-refractivity contribution in [2.24, 2.45) is 5.92 Å². The van der Waals surface area contributed by atoms with Crippen molar-refractivity contribution in [3.63, 3.8) is 0 Å². The summed E-state index contributed by atoms with van der Waals surface area (Å²) in [7, 11) is 1.75. The number of hydrogen-bond donors (Lipinski definition) is 0. The first-order valence-corrected chi connectivity index (χ1v) is 12.3. The van der Waals surface area contributed by atoms with Gasteiger partial charge in [0.25, 0.3) is 5.91 Å². The van der Waals surface area contributed by atoms with Gasteiger partial charge in [0.15, 0.2) is 0 Å². The maximum absolute atomic E-state index is 13.5. The monoisotopic (exact) mass is 500 g/mol. The Hall–Kier alpha value is -1.92. The van der Waals surface area contributed by atoms with Gasteiger partial charge in [0.2, 0.25) is 0 Å². The van der Waals surface area contributed by atoms with Crippen molar-refractivity contribution in [2.75, 3.05) is 26.9 Å². The number of fused-ring (bicyclic) bond motifs is 3. The molecule has 4 rings (SSSR count). The van der Waals surface area contributed by atoms with Gasteiger partial charge in [0, 0.05) is 13.0 Å². The van der Waals surface area contributed by atoms with E-state index in [-0.39, 0.29) is 11.4 Å². The molecule has 0 unspecified atom stereocenters. The Kier molecular flexibility index (Phi) is 6.64. The van der Waals surface area contributed by atoms with E-state index >= 15 is 0 Å². The van der Waals surface area contributed by atoms with E-state index in [9.17, 15) is 4.79 Å². The van der Waals surface area contributed by atoms with Crippen LogP contribution in [0.1, 0.15) is 66.0 Å². The van der Waals surface area contributed by atoms with Crippen molar-refractivity contribution in [2.45, 2.75) is 58.9 Å². The second kappa shape index (κ2) is 9.14. The molecule has 2 aromatic rings. The summed E-state index contributed by atoms with van der Waals surface area (Å²) in [6.45, 7) is 10.3. The minimum absolute atomic E-state index is 0.00814. The van der Waals surface area contributed by atoms with Crippen LogP contribution in [0.2, 0.25) is 0 Å². The number of amides is 1. The number of carbonyl (C=O) groups excluding carboxylic acids is 1. The fourth-order valence-corrected chi connectivity index (χ4v) is 5.25. The largest absolute Gasteiger partial charge is 0.496 e. The van der Waals surface area contributed by atoms with E-state index in [1.54, 1.807) is 7.11 Å². The van der Waals surface area contributed by atoms with Gasteiger partial charge in [0.1, 0.15) is 16.0 Å². The molecule has 1 saturated heterocycles. The molecule has 0 radical (unpaired) electrons. The van der Waals surface area contributed by atoms with Gasteiger partial charge in [-0.3, -0.25) is 4.79 Å². The molecule has 32 heavy (non-hydrogen) atoms. The molecule has 1 amide bonds. The standard InChI is InChI=1S/C26H33BrN2O3/c1-16(2)10-20-12-19-13-21-11-18(7-6-17(19)14-22(20)31-5)23(28-24(21)27)25(30)29-8-9-32-15-26(29,3)4/h11-12,14,16H,6-10,13,15H2,1-5H3. The molecule has 2 bridgehead atoms. The number of rotatable bonds is 4. The summed E-state index contributed by atoms with van der Waals surface area (Å²) in [5, 5.41) is 0. The van der Waals surface area contributed by atoms with Crippen LogP contribution in [0.15, 0.2) is 22.8 Å². The fraction of sp³-hybridized carbons (Fsp3) is 0.538. The number of aromatic nitrogens is 1. The molecule has 2 aliphatic rings. The quantitative estimate of drug-likeness (QED) is 0.554. The van der Waals surface area contributed by atoms with Crippen LogP contribution in [0.4, 0.5) is 0 Å². The summed E-state index contributed by atoms with van der Waals surface area (Å²) < 4.78 is 12.1. The number of hydrogen-bond acceptors (Lipinski definition) is 4. The zero-order valence-electron chi connectivity index (χ0n) is 19.8. The van der Waals surface area contributed by atoms with Crippen molar-refractivity contribution in [1.82, 2.24) is 9.88 Å². The molecular formula is C26H33BrN2O3. The first-order chi connectivity index (χ1) is 15.2. The molecule has 6 heteroatoms. The second-order valence-electron chi connectivity index (χ2n) is 9.98. The van der Waals surface area contributed by atoms with E-state index in [1.165, 1.54) is 16.7 Å². The molecule has 1 aromatic heterocycles. The van der Waals surface area contributed by atoms with E-state index in [4.69, 9.17) is 14.5 Å². The lowest BCUT2D eigenvalue weighted by atomic mass is 9.88. The number of nitrogens with zero attached hydrogens (tertiary/aromatic N) is 2. The van der Waals surface area contributed by atoms with Gasteiger partial charge in [-0.2, -0.15) is 0 Å². The van der Waals surface area contributed by atoms with Crippen molar-refractivity contribution in [1.29, 1.82) is 0 Å². The van der Waals surface area contributed by atoms with Crippen molar-refractivity contribution in [3.8, 4) is 5.75 Å². The summed E-state index contributed by atoms with van der Waals surface area (Å²) in [4.78, 5) is 20.2. The van der Waals surface area contributed by atoms with Crippen LogP contribution in [0.5, 0.6) is 5.75 Å². The van der Waals surface area contributed by atoms with Crippen LogP contribution in [-0.2, 0) is 30.4 Å². The summed E-state index contributed by atoms with van der Waals surface area (Å²) in [6.07, 6.45) is 3.43. The zero-order chi connectivity index (χ0) is 23.0. The number of halogens is 1. The normalized spacial score (nSPS) is 17.5. The topological polar surface area (TPSA) is 51.7 Å². The molecule has 172 valence electrons. The second-order valence-corrected chi connectivity index (χ2v) is 10.7. The molecular weight excluding hydrogens is 468 g/mol. The number of benzene rings is 1. The van der Waals surface area contributed by atoms with Crippen LogP contribution in [0.3, 0.4) is 0 Å². The summed E-state index contributed by atoms with van der Waals surface area (Å²) in [5.41, 5.74) is 6.23. The Morgan fingerprint density at radius 1 is 1.19 bits per heavy atom. The van der Waals surface area contributed by atoms with Crippen molar-refractivity contribution in [3.05, 3.63) is 56.3 Å². The lowest BCUT2D eigenvalue weighted by Gasteiger charge is -2.42. The molecule has 1 aliphatic carbocycles. The number of methoxy groups -OCH3 is 1. The Bertz CT molecular complexity index is 1030. The molecule has 1 fully saturated rings. The predicted octanol–water partition coefficient (Wildman–Crippen LogP) is 4.99. The highest BCUT2D eigenvalue weighted by Gasteiger charge is 2.36. The fourth-order valence-electron chi connectivity index (χ4n) is 4.82. The molecule has 1 aromatic carbocycles. The molecule has 1 aliphatic heterocycles. The minimum atomic E-state index is -0.344. The lowest BCUT2D eigenvalue weighted by Crippen LogP contribution is -2.55. The van der Waals surface area contributed by atoms with E-state index < -0.39 is 0 Å². The Balaban J connectivity index is 1.71. The Morgan fingerprint density at radius 2 is 1.94 bits per heavy atom. The third-order valence-electron chi connectivity index (χ3n) is 6.50. The Labute approximate surface area is 199 Å². The Morgan fingerprint density at radius 3 is 2.62 bits per heavy atom. The number of aryl methyl sites for hydroxylation is 2. The summed E-state index contributed by atoms with van der Waals surface area (Å²) >= 11 is 3.66. The van der Waals surface area contributed by atoms with Crippen LogP contribution >= 0.6 is 15.9 Å². The van der Waals surface area contributed by atoms with Gasteiger partial charge in [-0.15, -0.1) is 0 Å². The van der Waals surface area contributed by atoms with E-state index in [0.717, 1.165) is 47.2 Å². The van der Waals surface area contributed by atoms with Crippen molar-refractivity contribution < 1.29 is 14.3 Å². The number of carbonyl (C=O) groups is 1. The third kappa shape index (κ3) is 4.58. The summed E-state index contributed by atoms with van der Waals surface area (Å²) in [6, 6.07) is 6.68. The SMILES string of the molecule is COc1cc2c(cc1CC(C)C)Cc1cc(c(C(=O)N3CCOCC3(C)C)nc1Br)CC2. The smallest absolute Gasteiger partial charge is 0.273 e. The van der Waals surface area contributed by atoms with Gasteiger partial charge in [-0.05, 0) is 88.8 Å². The van der Waals surface area contributed by atoms with E-state index in [0.29, 0.717) is 31.4 Å². The predicted molar refractivity (Wildman–Crippen MR) is 130 cm³/mol. The third-order valence-corrected chi connectivity index (χ3v) is 7.18. The summed E-state index contributed by atoms with van der Waals surface area (Å²) in [5.74, 6) is 1.52. The molecule has 0 atom stereocenters. The van der Waals surface area contributed by atoms with E-state index in [1.807, 2.05) is 18.7 Å². The molecule has 0 spiro atoms. The maximum Gasteiger partial charge on any atom is 0.273 e. The zero-order valence-corrected chi connectivity index (χ0v) is 21.3. The highest BCUT2D eigenvalue weighted by atomic mass is 79.9. The average Bonchev–Trinajstić information content (AvgIpc) is 2.72. The average molecular weight is 501 g/mol. The first kappa shape index (κ1) is 23.2. The molecule has 2 heterocycles. The maximum atomic E-state index is 13.5. The van der Waals surface area contributed by atoms with E-state index in [2.05, 4.69) is 48.0 Å². The van der Waals surface area contributed by atoms with Crippen LogP contribution in [0.25, 0.3) is 0 Å². The van der Waals surface area contributed by atoms with Gasteiger partial charge in [0.05, 0.1) is 25.9 Å². The van der Waals surface area contributed by atoms with Crippen LogP contribution < -0.4 is 4.74 Å². The van der Waals surface area contributed by atoms with Crippen LogP contribution in [-0.4, -0.2) is 48.2 Å². The molecule has 0 saturated carbocycles. The number of pyridine rings is 1. The van der Waals surface area contributed by atoms with Gasteiger partial charge in [-0.1, -0.05) is 26.0 Å².